The van der Waals surface area contributed by atoms with Gasteiger partial charge in [0.2, 0.25) is 0 Å². The van der Waals surface area contributed by atoms with Gasteiger partial charge < -0.3 is 9.47 Å². The molecule has 1 heterocycles. The van der Waals surface area contributed by atoms with Crippen LogP contribution in [0.15, 0.2) is 60.7 Å². The van der Waals surface area contributed by atoms with Gasteiger partial charge in [0.15, 0.2) is 6.29 Å². The van der Waals surface area contributed by atoms with Crippen molar-refractivity contribution in [3.63, 3.8) is 0 Å². The molecule has 98 valence electrons. The average molecular weight is 254 g/mol. The molecule has 0 saturated carbocycles. The van der Waals surface area contributed by atoms with E-state index < -0.39 is 0 Å². The van der Waals surface area contributed by atoms with Crippen LogP contribution in [0.5, 0.6) is 0 Å². The summed E-state index contributed by atoms with van der Waals surface area (Å²) in [7, 11) is 0. The molecule has 0 amide bonds. The van der Waals surface area contributed by atoms with Gasteiger partial charge in [0, 0.05) is 12.0 Å². The van der Waals surface area contributed by atoms with Crippen LogP contribution >= 0.6 is 0 Å². The molecule has 3 rings (SSSR count). The Labute approximate surface area is 114 Å². The zero-order valence-electron chi connectivity index (χ0n) is 11.0. The van der Waals surface area contributed by atoms with Crippen molar-refractivity contribution >= 4 is 0 Å². The highest BCUT2D eigenvalue weighted by Crippen LogP contribution is 2.32. The van der Waals surface area contributed by atoms with Crippen LogP contribution < -0.4 is 0 Å². The van der Waals surface area contributed by atoms with Gasteiger partial charge >= 0.3 is 0 Å². The molecule has 2 aromatic carbocycles. The number of hydrogen-bond donors (Lipinski definition) is 0. The summed E-state index contributed by atoms with van der Waals surface area (Å²) in [6.07, 6.45) is 0.897. The van der Waals surface area contributed by atoms with Crippen LogP contribution in [-0.2, 0) is 15.9 Å². The van der Waals surface area contributed by atoms with E-state index in [2.05, 4.69) is 31.2 Å². The van der Waals surface area contributed by atoms with E-state index in [1.807, 2.05) is 36.4 Å². The molecule has 1 aliphatic heterocycles. The van der Waals surface area contributed by atoms with E-state index in [0.29, 0.717) is 0 Å². The molecule has 2 nitrogen and oxygen atoms in total. The van der Waals surface area contributed by atoms with E-state index in [1.165, 1.54) is 5.56 Å². The lowest BCUT2D eigenvalue weighted by Gasteiger charge is -2.12. The molecule has 0 aromatic heterocycles. The van der Waals surface area contributed by atoms with Gasteiger partial charge in [0.1, 0.15) is 0 Å². The third-order valence-corrected chi connectivity index (χ3v) is 3.51. The SMILES string of the molecule is C[C@H]1OC(c2ccccc2)O[C@@H]1Cc1ccccc1. The van der Waals surface area contributed by atoms with E-state index in [-0.39, 0.29) is 18.5 Å². The molecule has 0 spiro atoms. The number of benzene rings is 2. The first-order valence-electron chi connectivity index (χ1n) is 6.73. The van der Waals surface area contributed by atoms with Crippen molar-refractivity contribution in [2.45, 2.75) is 31.8 Å². The summed E-state index contributed by atoms with van der Waals surface area (Å²) in [6.45, 7) is 2.08. The van der Waals surface area contributed by atoms with Crippen molar-refractivity contribution in [1.29, 1.82) is 0 Å². The summed E-state index contributed by atoms with van der Waals surface area (Å²) in [5.74, 6) is 0. The molecule has 0 aliphatic carbocycles. The van der Waals surface area contributed by atoms with Crippen LogP contribution in [0.1, 0.15) is 24.3 Å². The highest BCUT2D eigenvalue weighted by atomic mass is 16.7. The topological polar surface area (TPSA) is 18.5 Å². The Kier molecular flexibility index (Phi) is 3.62. The fourth-order valence-electron chi connectivity index (χ4n) is 2.41. The van der Waals surface area contributed by atoms with Gasteiger partial charge in [0.25, 0.3) is 0 Å². The lowest BCUT2D eigenvalue weighted by molar-refractivity contribution is -0.0670. The highest BCUT2D eigenvalue weighted by Gasteiger charge is 2.33. The van der Waals surface area contributed by atoms with Crippen molar-refractivity contribution in [2.24, 2.45) is 0 Å². The fraction of sp³-hybridized carbons (Fsp3) is 0.294. The van der Waals surface area contributed by atoms with E-state index in [0.717, 1.165) is 12.0 Å². The molecule has 2 aromatic rings. The zero-order valence-corrected chi connectivity index (χ0v) is 11.0. The Hall–Kier alpha value is -1.64. The van der Waals surface area contributed by atoms with E-state index in [4.69, 9.17) is 9.47 Å². The van der Waals surface area contributed by atoms with Crippen molar-refractivity contribution < 1.29 is 9.47 Å². The first-order valence-corrected chi connectivity index (χ1v) is 6.73. The molecule has 1 aliphatic rings. The molecular formula is C17H18O2. The maximum Gasteiger partial charge on any atom is 0.184 e. The minimum atomic E-state index is -0.232. The number of rotatable bonds is 3. The normalized spacial score (nSPS) is 26.5. The van der Waals surface area contributed by atoms with E-state index >= 15 is 0 Å². The fourth-order valence-corrected chi connectivity index (χ4v) is 2.41. The Morgan fingerprint density at radius 2 is 1.47 bits per heavy atom. The Bertz CT molecular complexity index is 509. The second kappa shape index (κ2) is 5.55. The van der Waals surface area contributed by atoms with Crippen LogP contribution in [0, 0.1) is 0 Å². The molecule has 1 fully saturated rings. The Balaban J connectivity index is 1.69. The quantitative estimate of drug-likeness (QED) is 0.831. The highest BCUT2D eigenvalue weighted by molar-refractivity contribution is 5.18. The predicted molar refractivity (Wildman–Crippen MR) is 74.7 cm³/mol. The molecule has 0 radical (unpaired) electrons. The van der Waals surface area contributed by atoms with Crippen LogP contribution in [0.4, 0.5) is 0 Å². The smallest absolute Gasteiger partial charge is 0.184 e. The number of hydrogen-bond acceptors (Lipinski definition) is 2. The van der Waals surface area contributed by atoms with Gasteiger partial charge in [-0.2, -0.15) is 0 Å². The summed E-state index contributed by atoms with van der Waals surface area (Å²) in [4.78, 5) is 0. The third-order valence-electron chi connectivity index (χ3n) is 3.51. The van der Waals surface area contributed by atoms with Gasteiger partial charge in [-0.15, -0.1) is 0 Å². The van der Waals surface area contributed by atoms with E-state index in [9.17, 15) is 0 Å². The summed E-state index contributed by atoms with van der Waals surface area (Å²) in [6, 6.07) is 20.5. The molecular weight excluding hydrogens is 236 g/mol. The largest absolute Gasteiger partial charge is 0.343 e. The molecule has 1 saturated heterocycles. The second-order valence-corrected chi connectivity index (χ2v) is 4.95. The standard InChI is InChI=1S/C17H18O2/c1-13-16(12-14-8-4-2-5-9-14)19-17(18-13)15-10-6-3-7-11-15/h2-11,13,16-17H,12H2,1H3/t13-,16-,17?/m1/s1. The van der Waals surface area contributed by atoms with Gasteiger partial charge in [-0.3, -0.25) is 0 Å². The molecule has 1 unspecified atom stereocenters. The summed E-state index contributed by atoms with van der Waals surface area (Å²) < 4.78 is 12.0. The van der Waals surface area contributed by atoms with E-state index in [1.54, 1.807) is 0 Å². The molecule has 2 heteroatoms. The maximum atomic E-state index is 6.04. The lowest BCUT2D eigenvalue weighted by Crippen LogP contribution is -2.21. The minimum Gasteiger partial charge on any atom is -0.343 e. The molecule has 3 atom stereocenters. The van der Waals surface area contributed by atoms with Crippen molar-refractivity contribution in [2.75, 3.05) is 0 Å². The van der Waals surface area contributed by atoms with Crippen LogP contribution in [0.25, 0.3) is 0 Å². The predicted octanol–water partition coefficient (Wildman–Crippen LogP) is 3.73. The lowest BCUT2D eigenvalue weighted by atomic mass is 10.1. The van der Waals surface area contributed by atoms with Crippen LogP contribution in [0.3, 0.4) is 0 Å². The summed E-state index contributed by atoms with van der Waals surface area (Å²) >= 11 is 0. The average Bonchev–Trinajstić information content (AvgIpc) is 2.82. The Morgan fingerprint density at radius 1 is 0.842 bits per heavy atom. The molecule has 0 bridgehead atoms. The second-order valence-electron chi connectivity index (χ2n) is 4.95. The first kappa shape index (κ1) is 12.4. The molecule has 19 heavy (non-hydrogen) atoms. The summed E-state index contributed by atoms with van der Waals surface area (Å²) in [5.41, 5.74) is 2.38. The maximum absolute atomic E-state index is 6.04. The van der Waals surface area contributed by atoms with Gasteiger partial charge in [-0.25, -0.2) is 0 Å². The summed E-state index contributed by atoms with van der Waals surface area (Å²) in [5, 5.41) is 0. The Morgan fingerprint density at radius 3 is 2.16 bits per heavy atom. The van der Waals surface area contributed by atoms with Gasteiger partial charge in [-0.1, -0.05) is 60.7 Å². The first-order chi connectivity index (χ1) is 9.33. The van der Waals surface area contributed by atoms with Gasteiger partial charge in [0.05, 0.1) is 12.2 Å². The minimum absolute atomic E-state index is 0.116. The van der Waals surface area contributed by atoms with Crippen molar-refractivity contribution in [3.8, 4) is 0 Å². The van der Waals surface area contributed by atoms with Gasteiger partial charge in [-0.05, 0) is 12.5 Å². The van der Waals surface area contributed by atoms with Crippen molar-refractivity contribution in [3.05, 3.63) is 71.8 Å². The number of ether oxygens (including phenoxy) is 2. The zero-order chi connectivity index (χ0) is 13.1. The monoisotopic (exact) mass is 254 g/mol. The van der Waals surface area contributed by atoms with Crippen LogP contribution in [-0.4, -0.2) is 12.2 Å². The third kappa shape index (κ3) is 2.86. The van der Waals surface area contributed by atoms with Crippen LogP contribution in [0.2, 0.25) is 0 Å². The van der Waals surface area contributed by atoms with Crippen molar-refractivity contribution in [1.82, 2.24) is 0 Å². The molecule has 0 N–H and O–H groups in total.